The van der Waals surface area contributed by atoms with Gasteiger partial charge in [-0.15, -0.1) is 0 Å². The van der Waals surface area contributed by atoms with Gasteiger partial charge in [0.25, 0.3) is 5.91 Å². The molecule has 1 aromatic carbocycles. The number of anilines is 1. The summed E-state index contributed by atoms with van der Waals surface area (Å²) in [5, 5.41) is 9.18. The van der Waals surface area contributed by atoms with E-state index in [-0.39, 0.29) is 12.0 Å². The molecule has 0 bridgehead atoms. The largest absolute Gasteiger partial charge is 0.488 e. The zero-order chi connectivity index (χ0) is 13.8. The number of nitrogens with zero attached hydrogens (tertiary/aromatic N) is 1. The van der Waals surface area contributed by atoms with Crippen LogP contribution in [0.25, 0.3) is 0 Å². The number of carbonyl (C=O) groups is 1. The van der Waals surface area contributed by atoms with Gasteiger partial charge in [-0.1, -0.05) is 6.07 Å². The number of hydrogen-bond acceptors (Lipinski definition) is 4. The summed E-state index contributed by atoms with van der Waals surface area (Å²) < 4.78 is 11.0. The number of rotatable bonds is 4. The van der Waals surface area contributed by atoms with Crippen molar-refractivity contribution in [1.82, 2.24) is 10.2 Å². The number of aromatic amines is 1. The number of ether oxygens (including phenoxy) is 2. The average Bonchev–Trinajstić information content (AvgIpc) is 3.12. The molecule has 2 heterocycles. The number of benzene rings is 1. The molecule has 0 spiro atoms. The normalized spacial score (nSPS) is 17.9. The third kappa shape index (κ3) is 2.97. The summed E-state index contributed by atoms with van der Waals surface area (Å²) in [5.41, 5.74) is 0.538. The van der Waals surface area contributed by atoms with Crippen LogP contribution in [0.5, 0.6) is 5.75 Å². The first-order valence-corrected chi connectivity index (χ1v) is 6.46. The van der Waals surface area contributed by atoms with Crippen LogP contribution >= 0.6 is 0 Å². The van der Waals surface area contributed by atoms with Crippen LogP contribution in [0.4, 0.5) is 5.82 Å². The third-order valence-electron chi connectivity index (χ3n) is 3.04. The summed E-state index contributed by atoms with van der Waals surface area (Å²) in [5.74, 6) is 1.03. The number of nitrogens with one attached hydrogen (secondary N) is 2. The van der Waals surface area contributed by atoms with Crippen LogP contribution < -0.4 is 10.1 Å². The molecule has 0 radical (unpaired) electrons. The Labute approximate surface area is 116 Å². The maximum atomic E-state index is 12.1. The molecular weight excluding hydrogens is 258 g/mol. The lowest BCUT2D eigenvalue weighted by molar-refractivity contribution is 0.102. The van der Waals surface area contributed by atoms with Crippen molar-refractivity contribution in [2.45, 2.75) is 12.5 Å². The Morgan fingerprint density at radius 1 is 1.45 bits per heavy atom. The molecule has 1 atom stereocenters. The van der Waals surface area contributed by atoms with E-state index in [0.29, 0.717) is 23.7 Å². The highest BCUT2D eigenvalue weighted by Gasteiger charge is 2.17. The second-order valence-electron chi connectivity index (χ2n) is 4.56. The van der Waals surface area contributed by atoms with Crippen molar-refractivity contribution in [3.8, 4) is 5.75 Å². The van der Waals surface area contributed by atoms with Gasteiger partial charge in [-0.25, -0.2) is 0 Å². The number of aromatic nitrogens is 2. The lowest BCUT2D eigenvalue weighted by Crippen LogP contribution is -2.16. The van der Waals surface area contributed by atoms with Gasteiger partial charge in [-0.05, 0) is 18.2 Å². The molecule has 104 valence electrons. The zero-order valence-electron chi connectivity index (χ0n) is 10.8. The standard InChI is InChI=1S/C14H15N3O3/c18-14(16-13-4-6-15-17-13)10-2-1-3-11(8-10)20-12-5-7-19-9-12/h1-4,6,8,12H,5,7,9H2,(H2,15,16,17,18)/t12-/m0/s1. The SMILES string of the molecule is O=C(Nc1ccn[nH]1)c1cccc(O[C@H]2CCOC2)c1. The molecule has 0 unspecified atom stereocenters. The zero-order valence-corrected chi connectivity index (χ0v) is 10.8. The first-order valence-electron chi connectivity index (χ1n) is 6.46. The summed E-state index contributed by atoms with van der Waals surface area (Å²) in [7, 11) is 0. The Morgan fingerprint density at radius 2 is 2.40 bits per heavy atom. The molecular formula is C14H15N3O3. The molecule has 0 saturated carbocycles. The van der Waals surface area contributed by atoms with Crippen molar-refractivity contribution < 1.29 is 14.3 Å². The molecule has 1 amide bonds. The monoisotopic (exact) mass is 273 g/mol. The molecule has 1 aliphatic heterocycles. The predicted octanol–water partition coefficient (Wildman–Crippen LogP) is 1.83. The Hall–Kier alpha value is -2.34. The van der Waals surface area contributed by atoms with Crippen LogP contribution in [0.3, 0.4) is 0 Å². The second kappa shape index (κ2) is 5.75. The maximum Gasteiger partial charge on any atom is 0.256 e. The van der Waals surface area contributed by atoms with E-state index in [0.717, 1.165) is 13.0 Å². The third-order valence-corrected chi connectivity index (χ3v) is 3.04. The molecule has 1 saturated heterocycles. The van der Waals surface area contributed by atoms with E-state index in [1.807, 2.05) is 6.07 Å². The van der Waals surface area contributed by atoms with Gasteiger partial charge in [0, 0.05) is 18.1 Å². The molecule has 1 fully saturated rings. The van der Waals surface area contributed by atoms with Gasteiger partial charge in [0.1, 0.15) is 17.7 Å². The quantitative estimate of drug-likeness (QED) is 0.891. The van der Waals surface area contributed by atoms with Crippen molar-refractivity contribution in [3.05, 3.63) is 42.1 Å². The minimum Gasteiger partial charge on any atom is -0.488 e. The van der Waals surface area contributed by atoms with Crippen molar-refractivity contribution in [3.63, 3.8) is 0 Å². The van der Waals surface area contributed by atoms with Crippen LogP contribution in [0.15, 0.2) is 36.5 Å². The van der Waals surface area contributed by atoms with E-state index in [1.165, 1.54) is 0 Å². The molecule has 6 nitrogen and oxygen atoms in total. The lowest BCUT2D eigenvalue weighted by Gasteiger charge is -2.12. The Morgan fingerprint density at radius 3 is 3.15 bits per heavy atom. The van der Waals surface area contributed by atoms with Gasteiger partial charge >= 0.3 is 0 Å². The molecule has 1 aliphatic rings. The molecule has 1 aromatic heterocycles. The van der Waals surface area contributed by atoms with E-state index in [1.54, 1.807) is 30.5 Å². The van der Waals surface area contributed by atoms with Crippen LogP contribution in [0.1, 0.15) is 16.8 Å². The highest BCUT2D eigenvalue weighted by molar-refractivity contribution is 6.03. The molecule has 20 heavy (non-hydrogen) atoms. The van der Waals surface area contributed by atoms with Crippen molar-refractivity contribution in [2.75, 3.05) is 18.5 Å². The van der Waals surface area contributed by atoms with E-state index in [9.17, 15) is 4.79 Å². The van der Waals surface area contributed by atoms with Gasteiger partial charge in [-0.2, -0.15) is 5.10 Å². The molecule has 2 N–H and O–H groups in total. The van der Waals surface area contributed by atoms with E-state index >= 15 is 0 Å². The average molecular weight is 273 g/mol. The van der Waals surface area contributed by atoms with Gasteiger partial charge in [0.15, 0.2) is 0 Å². The van der Waals surface area contributed by atoms with Gasteiger partial charge in [0.2, 0.25) is 0 Å². The highest BCUT2D eigenvalue weighted by Crippen LogP contribution is 2.19. The van der Waals surface area contributed by atoms with E-state index in [4.69, 9.17) is 9.47 Å². The number of hydrogen-bond donors (Lipinski definition) is 2. The molecule has 6 heteroatoms. The van der Waals surface area contributed by atoms with Crippen LogP contribution in [0.2, 0.25) is 0 Å². The summed E-state index contributed by atoms with van der Waals surface area (Å²) >= 11 is 0. The van der Waals surface area contributed by atoms with E-state index < -0.39 is 0 Å². The van der Waals surface area contributed by atoms with Crippen LogP contribution in [-0.2, 0) is 4.74 Å². The molecule has 0 aliphatic carbocycles. The summed E-state index contributed by atoms with van der Waals surface area (Å²) in [6.45, 7) is 1.33. The second-order valence-corrected chi connectivity index (χ2v) is 4.56. The van der Waals surface area contributed by atoms with Crippen molar-refractivity contribution in [1.29, 1.82) is 0 Å². The lowest BCUT2D eigenvalue weighted by atomic mass is 10.2. The minimum absolute atomic E-state index is 0.0703. The van der Waals surface area contributed by atoms with Crippen LogP contribution in [-0.4, -0.2) is 35.4 Å². The number of amides is 1. The Kier molecular flexibility index (Phi) is 3.64. The highest BCUT2D eigenvalue weighted by atomic mass is 16.5. The first kappa shape index (κ1) is 12.7. The molecule has 3 rings (SSSR count). The fourth-order valence-electron chi connectivity index (χ4n) is 2.03. The van der Waals surface area contributed by atoms with Gasteiger partial charge < -0.3 is 14.8 Å². The van der Waals surface area contributed by atoms with Gasteiger partial charge in [0.05, 0.1) is 19.4 Å². The minimum atomic E-state index is -0.206. The maximum absolute atomic E-state index is 12.1. The Balaban J connectivity index is 1.68. The predicted molar refractivity (Wildman–Crippen MR) is 72.8 cm³/mol. The number of H-pyrrole nitrogens is 1. The van der Waals surface area contributed by atoms with Gasteiger partial charge in [-0.3, -0.25) is 9.89 Å². The van der Waals surface area contributed by atoms with Crippen molar-refractivity contribution >= 4 is 11.7 Å². The molecule has 2 aromatic rings. The summed E-state index contributed by atoms with van der Waals surface area (Å²) in [6, 6.07) is 8.79. The topological polar surface area (TPSA) is 76.2 Å². The summed E-state index contributed by atoms with van der Waals surface area (Å²) in [6.07, 6.45) is 2.53. The summed E-state index contributed by atoms with van der Waals surface area (Å²) in [4.78, 5) is 12.1. The number of carbonyl (C=O) groups excluding carboxylic acids is 1. The fraction of sp³-hybridized carbons (Fsp3) is 0.286. The van der Waals surface area contributed by atoms with E-state index in [2.05, 4.69) is 15.5 Å². The smallest absolute Gasteiger partial charge is 0.256 e. The first-order chi connectivity index (χ1) is 9.81. The Bertz CT molecular complexity index is 577. The van der Waals surface area contributed by atoms with Crippen molar-refractivity contribution in [2.24, 2.45) is 0 Å². The van der Waals surface area contributed by atoms with Crippen LogP contribution in [0, 0.1) is 0 Å². The fourth-order valence-corrected chi connectivity index (χ4v) is 2.03.